The topological polar surface area (TPSA) is 68.7 Å². The second-order valence-electron chi connectivity index (χ2n) is 5.05. The van der Waals surface area contributed by atoms with Crippen molar-refractivity contribution in [1.82, 2.24) is 9.29 Å². The largest absolute Gasteiger partial charge is 0.350 e. The minimum absolute atomic E-state index is 0.237. The van der Waals surface area contributed by atoms with Crippen LogP contribution < -0.4 is 0 Å². The lowest BCUT2D eigenvalue weighted by molar-refractivity contribution is -0.280. The Hall–Kier alpha value is -1.02. The first-order chi connectivity index (χ1) is 9.62. The van der Waals surface area contributed by atoms with Crippen LogP contribution in [0.4, 0.5) is 0 Å². The molecule has 0 unspecified atom stereocenters. The first-order valence-electron chi connectivity index (χ1n) is 6.81. The maximum absolute atomic E-state index is 12.5. The van der Waals surface area contributed by atoms with Crippen molar-refractivity contribution >= 4 is 10.0 Å². The molecule has 0 N–H and O–H groups in total. The Morgan fingerprint density at radius 2 is 1.90 bits per heavy atom. The van der Waals surface area contributed by atoms with Crippen LogP contribution in [0.2, 0.25) is 0 Å². The van der Waals surface area contributed by atoms with E-state index in [0.29, 0.717) is 39.1 Å². The smallest absolute Gasteiger partial charge is 0.244 e. The van der Waals surface area contributed by atoms with Crippen molar-refractivity contribution in [3.63, 3.8) is 0 Å². The molecule has 1 spiro atoms. The molecule has 2 fully saturated rings. The summed E-state index contributed by atoms with van der Waals surface area (Å²) in [6, 6.07) is 3.20. The molecule has 0 aliphatic carbocycles. The first kappa shape index (κ1) is 13.9. The number of ether oxygens (including phenoxy) is 2. The fraction of sp³-hybridized carbons (Fsp3) is 0.615. The van der Waals surface area contributed by atoms with Crippen LogP contribution in [-0.4, -0.2) is 49.8 Å². The van der Waals surface area contributed by atoms with E-state index in [2.05, 4.69) is 4.98 Å². The van der Waals surface area contributed by atoms with E-state index in [-0.39, 0.29) is 4.90 Å². The summed E-state index contributed by atoms with van der Waals surface area (Å²) in [5, 5.41) is 0. The summed E-state index contributed by atoms with van der Waals surface area (Å²) in [5.41, 5.74) is 0. The Kier molecular flexibility index (Phi) is 3.76. The lowest BCUT2D eigenvalue weighted by Crippen LogP contribution is -2.51. The van der Waals surface area contributed by atoms with Crippen molar-refractivity contribution in [2.24, 2.45) is 0 Å². The molecule has 0 radical (unpaired) electrons. The van der Waals surface area contributed by atoms with Crippen LogP contribution in [-0.2, 0) is 19.5 Å². The molecule has 6 nitrogen and oxygen atoms in total. The van der Waals surface area contributed by atoms with Gasteiger partial charge in [0.2, 0.25) is 10.0 Å². The highest BCUT2D eigenvalue weighted by Crippen LogP contribution is 2.32. The average molecular weight is 298 g/mol. The quantitative estimate of drug-likeness (QED) is 0.815. The highest BCUT2D eigenvalue weighted by molar-refractivity contribution is 7.89. The minimum Gasteiger partial charge on any atom is -0.350 e. The molecule has 110 valence electrons. The minimum atomic E-state index is -3.46. The summed E-state index contributed by atoms with van der Waals surface area (Å²) in [5.74, 6) is -0.570. The number of aromatic nitrogens is 1. The highest BCUT2D eigenvalue weighted by atomic mass is 32.2. The van der Waals surface area contributed by atoms with Gasteiger partial charge >= 0.3 is 0 Å². The number of hydrogen-bond donors (Lipinski definition) is 0. The zero-order chi connectivity index (χ0) is 14.1. The van der Waals surface area contributed by atoms with E-state index in [1.165, 1.54) is 10.5 Å². The van der Waals surface area contributed by atoms with E-state index in [4.69, 9.17) is 9.47 Å². The Bertz CT molecular complexity index is 545. The van der Waals surface area contributed by atoms with E-state index < -0.39 is 15.8 Å². The van der Waals surface area contributed by atoms with E-state index >= 15 is 0 Å². The van der Waals surface area contributed by atoms with Gasteiger partial charge < -0.3 is 9.47 Å². The molecule has 3 rings (SSSR count). The summed E-state index contributed by atoms with van der Waals surface area (Å²) >= 11 is 0. The average Bonchev–Trinajstić information content (AvgIpc) is 2.49. The number of rotatable bonds is 2. The van der Waals surface area contributed by atoms with E-state index in [1.807, 2.05) is 0 Å². The van der Waals surface area contributed by atoms with Gasteiger partial charge in [-0.05, 0) is 18.6 Å². The lowest BCUT2D eigenvalue weighted by atomic mass is 10.0. The van der Waals surface area contributed by atoms with Crippen molar-refractivity contribution in [1.29, 1.82) is 0 Å². The van der Waals surface area contributed by atoms with Gasteiger partial charge in [0.1, 0.15) is 4.90 Å². The molecule has 0 amide bonds. The predicted octanol–water partition coefficient (Wildman–Crippen LogP) is 0.999. The van der Waals surface area contributed by atoms with E-state index in [0.717, 1.165) is 6.42 Å². The van der Waals surface area contributed by atoms with Gasteiger partial charge in [-0.2, -0.15) is 4.31 Å². The molecule has 1 aromatic heterocycles. The van der Waals surface area contributed by atoms with Gasteiger partial charge in [0.15, 0.2) is 5.79 Å². The maximum atomic E-state index is 12.5. The van der Waals surface area contributed by atoms with Crippen LogP contribution in [0.15, 0.2) is 29.4 Å². The molecule has 7 heteroatoms. The van der Waals surface area contributed by atoms with Crippen LogP contribution in [0.25, 0.3) is 0 Å². The predicted molar refractivity (Wildman–Crippen MR) is 71.5 cm³/mol. The van der Waals surface area contributed by atoms with Crippen molar-refractivity contribution in [2.75, 3.05) is 26.3 Å². The highest BCUT2D eigenvalue weighted by Gasteiger charge is 2.41. The molecule has 0 aromatic carbocycles. The molecule has 2 aliphatic heterocycles. The maximum Gasteiger partial charge on any atom is 0.244 e. The molecule has 20 heavy (non-hydrogen) atoms. The molecule has 0 saturated carbocycles. The van der Waals surface area contributed by atoms with Crippen LogP contribution in [0.3, 0.4) is 0 Å². The van der Waals surface area contributed by atoms with Crippen LogP contribution in [0.5, 0.6) is 0 Å². The third-order valence-corrected chi connectivity index (χ3v) is 5.66. The summed E-state index contributed by atoms with van der Waals surface area (Å²) in [4.78, 5) is 4.11. The van der Waals surface area contributed by atoms with E-state index in [9.17, 15) is 8.42 Å². The van der Waals surface area contributed by atoms with Crippen molar-refractivity contribution < 1.29 is 17.9 Å². The standard InChI is InChI=1S/C13H18N2O4S/c16-20(17,12-3-1-6-14-11-12)15-7-4-13(5-8-15)18-9-2-10-19-13/h1,3,6,11H,2,4-5,7-10H2. The fourth-order valence-electron chi connectivity index (χ4n) is 2.62. The van der Waals surface area contributed by atoms with Crippen LogP contribution in [0, 0.1) is 0 Å². The zero-order valence-electron chi connectivity index (χ0n) is 11.2. The summed E-state index contributed by atoms with van der Waals surface area (Å²) < 4.78 is 37.8. The second-order valence-corrected chi connectivity index (χ2v) is 6.99. The monoisotopic (exact) mass is 298 g/mol. The Balaban J connectivity index is 1.72. The third kappa shape index (κ3) is 2.58. The Labute approximate surface area is 118 Å². The molecule has 3 heterocycles. The Morgan fingerprint density at radius 1 is 1.20 bits per heavy atom. The lowest BCUT2D eigenvalue weighted by Gasteiger charge is -2.42. The van der Waals surface area contributed by atoms with Crippen molar-refractivity contribution in [2.45, 2.75) is 29.9 Å². The SMILES string of the molecule is O=S(=O)(c1cccnc1)N1CCC2(CC1)OCCCO2. The molecule has 0 atom stereocenters. The molecule has 0 bridgehead atoms. The van der Waals surface area contributed by atoms with Crippen molar-refractivity contribution in [3.05, 3.63) is 24.5 Å². The molecular formula is C13H18N2O4S. The molecular weight excluding hydrogens is 280 g/mol. The van der Waals surface area contributed by atoms with Gasteiger partial charge in [-0.1, -0.05) is 0 Å². The van der Waals surface area contributed by atoms with Gasteiger partial charge in [0.25, 0.3) is 0 Å². The number of hydrogen-bond acceptors (Lipinski definition) is 5. The van der Waals surface area contributed by atoms with Gasteiger partial charge in [-0.25, -0.2) is 8.42 Å². The normalized spacial score (nSPS) is 23.8. The third-order valence-electron chi connectivity index (χ3n) is 3.78. The van der Waals surface area contributed by atoms with Crippen molar-refractivity contribution in [3.8, 4) is 0 Å². The van der Waals surface area contributed by atoms with Crippen LogP contribution >= 0.6 is 0 Å². The second kappa shape index (κ2) is 5.40. The van der Waals surface area contributed by atoms with Gasteiger partial charge in [0.05, 0.1) is 13.2 Å². The van der Waals surface area contributed by atoms with Gasteiger partial charge in [-0.15, -0.1) is 0 Å². The summed E-state index contributed by atoms with van der Waals surface area (Å²) in [7, 11) is -3.46. The summed E-state index contributed by atoms with van der Waals surface area (Å²) in [6.45, 7) is 2.21. The first-order valence-corrected chi connectivity index (χ1v) is 8.25. The number of nitrogens with zero attached hydrogens (tertiary/aromatic N) is 2. The van der Waals surface area contributed by atoms with Crippen LogP contribution in [0.1, 0.15) is 19.3 Å². The molecule has 2 saturated heterocycles. The number of pyridine rings is 1. The Morgan fingerprint density at radius 3 is 2.50 bits per heavy atom. The number of sulfonamides is 1. The van der Waals surface area contributed by atoms with Gasteiger partial charge in [0, 0.05) is 38.3 Å². The summed E-state index contributed by atoms with van der Waals surface area (Å²) in [6.07, 6.45) is 5.00. The number of piperidine rings is 1. The fourth-order valence-corrected chi connectivity index (χ4v) is 4.03. The van der Waals surface area contributed by atoms with Gasteiger partial charge in [-0.3, -0.25) is 4.98 Å². The molecule has 1 aromatic rings. The van der Waals surface area contributed by atoms with E-state index in [1.54, 1.807) is 18.3 Å². The zero-order valence-corrected chi connectivity index (χ0v) is 12.0. The molecule has 2 aliphatic rings.